The summed E-state index contributed by atoms with van der Waals surface area (Å²) in [7, 11) is 3.40. The molecular formula is C52H52O5. The number of carbonyl (C=O) groups is 1. The zero-order valence-electron chi connectivity index (χ0n) is 32.7. The van der Waals surface area contributed by atoms with Crippen LogP contribution in [-0.4, -0.2) is 25.3 Å². The van der Waals surface area contributed by atoms with E-state index in [2.05, 4.69) is 97.1 Å². The van der Waals surface area contributed by atoms with Crippen molar-refractivity contribution in [2.45, 2.75) is 52.9 Å². The number of carbonyl (C=O) groups excluding carboxylic acids is 1. The van der Waals surface area contributed by atoms with Crippen molar-refractivity contribution in [1.82, 2.24) is 0 Å². The highest BCUT2D eigenvalue weighted by Gasteiger charge is 2.30. The molecule has 0 amide bonds. The lowest BCUT2D eigenvalue weighted by molar-refractivity contribution is -0.143. The number of rotatable bonds is 7. The SMILES string of the molecule is C.COc1ccc2c(c1)C=CC(c1ccccc1)C2c1ccc(OC(=O)C(C)(C)C)cc1.COc1ccc2c(c1)CCC(c1ccccc1)=C2c1ccc(O)cc1. The Labute approximate surface area is 337 Å². The molecule has 0 radical (unpaired) electrons. The molecule has 0 saturated carbocycles. The van der Waals surface area contributed by atoms with Gasteiger partial charge in [0.05, 0.1) is 19.6 Å². The first-order valence-electron chi connectivity index (χ1n) is 19.1. The molecule has 0 aromatic heterocycles. The van der Waals surface area contributed by atoms with Gasteiger partial charge in [-0.05, 0) is 138 Å². The van der Waals surface area contributed by atoms with E-state index in [1.807, 2.05) is 69.3 Å². The van der Waals surface area contributed by atoms with E-state index in [9.17, 15) is 9.90 Å². The monoisotopic (exact) mass is 756 g/mol. The molecule has 0 saturated heterocycles. The minimum Gasteiger partial charge on any atom is -0.508 e. The second-order valence-electron chi connectivity index (χ2n) is 15.3. The van der Waals surface area contributed by atoms with Crippen LogP contribution in [0.1, 0.15) is 91.0 Å². The van der Waals surface area contributed by atoms with E-state index in [0.717, 1.165) is 29.9 Å². The number of phenolic OH excluding ortho intramolecular Hbond substituents is 1. The summed E-state index contributed by atoms with van der Waals surface area (Å²) in [6.07, 6.45) is 6.44. The lowest BCUT2D eigenvalue weighted by Crippen LogP contribution is -2.25. The lowest BCUT2D eigenvalue weighted by Gasteiger charge is -2.31. The van der Waals surface area contributed by atoms with Gasteiger partial charge in [0.2, 0.25) is 0 Å². The molecule has 2 aliphatic carbocycles. The van der Waals surface area contributed by atoms with Crippen molar-refractivity contribution in [3.63, 3.8) is 0 Å². The third-order valence-corrected chi connectivity index (χ3v) is 10.5. The van der Waals surface area contributed by atoms with Crippen molar-refractivity contribution in [2.24, 2.45) is 5.41 Å². The second kappa shape index (κ2) is 17.6. The Morgan fingerprint density at radius 3 is 1.91 bits per heavy atom. The first-order valence-corrected chi connectivity index (χ1v) is 19.1. The van der Waals surface area contributed by atoms with Gasteiger partial charge in [0, 0.05) is 11.8 Å². The van der Waals surface area contributed by atoms with Crippen molar-refractivity contribution in [2.75, 3.05) is 14.2 Å². The highest BCUT2D eigenvalue weighted by molar-refractivity contribution is 6.01. The fourth-order valence-electron chi connectivity index (χ4n) is 7.57. The first kappa shape index (κ1) is 40.3. The van der Waals surface area contributed by atoms with Gasteiger partial charge >= 0.3 is 5.97 Å². The highest BCUT2D eigenvalue weighted by atomic mass is 16.5. The highest BCUT2D eigenvalue weighted by Crippen LogP contribution is 2.46. The lowest BCUT2D eigenvalue weighted by atomic mass is 9.72. The summed E-state index contributed by atoms with van der Waals surface area (Å²) in [4.78, 5) is 12.2. The van der Waals surface area contributed by atoms with Gasteiger partial charge in [0.15, 0.2) is 0 Å². The number of benzene rings is 6. The standard InChI is InChI=1S/C28H28O3.C23H20O2.CH4/c1-28(2,3)27(29)31-22-13-10-20(11-14-22)26-24(19-8-6-5-7-9-19)16-12-21-18-23(30-4)15-17-25(21)26;1-25-20-12-14-22-18(15-20)9-13-21(16-5-3-2-4-6-16)23(22)17-7-10-19(24)11-8-17;/h5-18,24,26H,1-4H3;2-8,10-12,14-15,24H,9,13H2,1H3;1H4. The van der Waals surface area contributed by atoms with Crippen molar-refractivity contribution < 1.29 is 24.1 Å². The molecule has 2 unspecified atom stereocenters. The normalized spacial score (nSPS) is 15.5. The van der Waals surface area contributed by atoms with Crippen LogP contribution in [-0.2, 0) is 11.2 Å². The largest absolute Gasteiger partial charge is 0.508 e. The van der Waals surface area contributed by atoms with Crippen LogP contribution in [0.2, 0.25) is 0 Å². The Balaban J connectivity index is 0.000000193. The van der Waals surface area contributed by atoms with E-state index in [4.69, 9.17) is 14.2 Å². The number of hydrogen-bond acceptors (Lipinski definition) is 5. The molecule has 0 spiro atoms. The van der Waals surface area contributed by atoms with Gasteiger partial charge in [0.25, 0.3) is 0 Å². The molecule has 57 heavy (non-hydrogen) atoms. The number of esters is 1. The number of hydrogen-bond donors (Lipinski definition) is 1. The van der Waals surface area contributed by atoms with Crippen LogP contribution in [0.25, 0.3) is 17.2 Å². The maximum absolute atomic E-state index is 12.2. The quantitative estimate of drug-likeness (QED) is 0.130. The third-order valence-electron chi connectivity index (χ3n) is 10.5. The number of fused-ring (bicyclic) bond motifs is 2. The predicted molar refractivity (Wildman–Crippen MR) is 233 cm³/mol. The zero-order valence-corrected chi connectivity index (χ0v) is 32.7. The van der Waals surface area contributed by atoms with Gasteiger partial charge in [-0.25, -0.2) is 0 Å². The Kier molecular flexibility index (Phi) is 12.5. The summed E-state index contributed by atoms with van der Waals surface area (Å²) in [5.74, 6) is 2.74. The van der Waals surface area contributed by atoms with Gasteiger partial charge < -0.3 is 19.3 Å². The summed E-state index contributed by atoms with van der Waals surface area (Å²) in [5, 5.41) is 9.67. The minimum absolute atomic E-state index is 0. The van der Waals surface area contributed by atoms with E-state index in [1.54, 1.807) is 26.4 Å². The van der Waals surface area contributed by atoms with Crippen LogP contribution in [0.3, 0.4) is 0 Å². The third kappa shape index (κ3) is 9.05. The molecule has 2 aliphatic rings. The molecule has 1 N–H and O–H groups in total. The first-order chi connectivity index (χ1) is 27.1. The van der Waals surface area contributed by atoms with Gasteiger partial charge in [-0.2, -0.15) is 0 Å². The summed E-state index contributed by atoms with van der Waals surface area (Å²) in [6, 6.07) is 49.1. The summed E-state index contributed by atoms with van der Waals surface area (Å²) in [6.45, 7) is 5.56. The minimum atomic E-state index is -0.538. The maximum Gasteiger partial charge on any atom is 0.316 e. The number of methoxy groups -OCH3 is 2. The van der Waals surface area contributed by atoms with E-state index in [1.165, 1.54) is 50.1 Å². The van der Waals surface area contributed by atoms with Crippen molar-refractivity contribution in [1.29, 1.82) is 0 Å². The molecular weight excluding hydrogens is 705 g/mol. The van der Waals surface area contributed by atoms with E-state index >= 15 is 0 Å². The Morgan fingerprint density at radius 1 is 0.649 bits per heavy atom. The van der Waals surface area contributed by atoms with E-state index in [0.29, 0.717) is 5.75 Å². The Morgan fingerprint density at radius 2 is 1.26 bits per heavy atom. The van der Waals surface area contributed by atoms with Crippen LogP contribution in [0.4, 0.5) is 0 Å². The van der Waals surface area contributed by atoms with Crippen LogP contribution in [0, 0.1) is 5.41 Å². The molecule has 2 atom stereocenters. The van der Waals surface area contributed by atoms with Crippen LogP contribution in [0.5, 0.6) is 23.0 Å². The molecule has 5 heteroatoms. The zero-order chi connectivity index (χ0) is 39.2. The number of aromatic hydroxyl groups is 1. The molecule has 6 aromatic carbocycles. The maximum atomic E-state index is 12.2. The van der Waals surface area contributed by atoms with Crippen LogP contribution in [0.15, 0.2) is 152 Å². The molecule has 5 nitrogen and oxygen atoms in total. The summed E-state index contributed by atoms with van der Waals surface area (Å²) >= 11 is 0. The number of phenols is 1. The molecule has 0 heterocycles. The van der Waals surface area contributed by atoms with E-state index < -0.39 is 5.41 Å². The molecule has 0 aliphatic heterocycles. The van der Waals surface area contributed by atoms with Crippen LogP contribution < -0.4 is 14.2 Å². The van der Waals surface area contributed by atoms with E-state index in [-0.39, 0.29) is 31.0 Å². The molecule has 0 bridgehead atoms. The van der Waals surface area contributed by atoms with Crippen molar-refractivity contribution >= 4 is 23.2 Å². The molecule has 290 valence electrons. The average molecular weight is 757 g/mol. The number of aryl methyl sites for hydroxylation is 1. The van der Waals surface area contributed by atoms with Gasteiger partial charge in [-0.15, -0.1) is 0 Å². The fourth-order valence-corrected chi connectivity index (χ4v) is 7.57. The predicted octanol–water partition coefficient (Wildman–Crippen LogP) is 12.5. The number of allylic oxidation sites excluding steroid dienone is 2. The summed E-state index contributed by atoms with van der Waals surface area (Å²) in [5.41, 5.74) is 11.9. The molecule has 8 rings (SSSR count). The average Bonchev–Trinajstić information content (AvgIpc) is 3.23. The smallest absolute Gasteiger partial charge is 0.316 e. The topological polar surface area (TPSA) is 65.0 Å². The number of ether oxygens (including phenoxy) is 3. The van der Waals surface area contributed by atoms with Crippen molar-refractivity contribution in [3.8, 4) is 23.0 Å². The van der Waals surface area contributed by atoms with Gasteiger partial charge in [0.1, 0.15) is 23.0 Å². The van der Waals surface area contributed by atoms with Crippen LogP contribution >= 0.6 is 0 Å². The molecule has 0 fully saturated rings. The van der Waals surface area contributed by atoms with Gasteiger partial charge in [-0.3, -0.25) is 4.79 Å². The Hall–Kier alpha value is -6.33. The van der Waals surface area contributed by atoms with Crippen molar-refractivity contribution in [3.05, 3.63) is 196 Å². The Bertz CT molecular complexity index is 2350. The second-order valence-corrected chi connectivity index (χ2v) is 15.3. The van der Waals surface area contributed by atoms with Gasteiger partial charge in [-0.1, -0.05) is 117 Å². The fraction of sp³-hybridized carbons (Fsp3) is 0.212. The molecule has 6 aromatic rings. The summed E-state index contributed by atoms with van der Waals surface area (Å²) < 4.78 is 16.4.